The van der Waals surface area contributed by atoms with Crippen molar-refractivity contribution in [2.75, 3.05) is 0 Å². The van der Waals surface area contributed by atoms with E-state index in [0.29, 0.717) is 0 Å². The Balaban J connectivity index is 2.81. The number of rotatable bonds is 1. The van der Waals surface area contributed by atoms with Crippen molar-refractivity contribution in [3.8, 4) is 0 Å². The maximum atomic E-state index is 4.96. The van der Waals surface area contributed by atoms with Crippen LogP contribution in [0.25, 0.3) is 10.9 Å². The molecule has 0 aliphatic rings. The molecule has 2 nitrogen and oxygen atoms in total. The van der Waals surface area contributed by atoms with Crippen LogP contribution < -0.4 is 4.84 Å². The number of hydrogen-bond acceptors (Lipinski definition) is 1. The molecule has 2 aromatic rings. The minimum absolute atomic E-state index is 1.06. The van der Waals surface area contributed by atoms with E-state index >= 15 is 0 Å². The molecule has 1 radical (unpaired) electrons. The summed E-state index contributed by atoms with van der Waals surface area (Å²) in [7, 11) is 3.40. The zero-order chi connectivity index (χ0) is 8.55. The van der Waals surface area contributed by atoms with Gasteiger partial charge in [-0.25, -0.2) is 0 Å². The normalized spacial score (nSPS) is 10.5. The first-order valence-corrected chi connectivity index (χ1v) is 3.82. The molecule has 0 saturated carbocycles. The van der Waals surface area contributed by atoms with Crippen LogP contribution in [0.3, 0.4) is 0 Å². The quantitative estimate of drug-likeness (QED) is 0.623. The summed E-state index contributed by atoms with van der Waals surface area (Å²) in [5.41, 5.74) is 2.12. The third-order valence-corrected chi connectivity index (χ3v) is 1.97. The van der Waals surface area contributed by atoms with Gasteiger partial charge in [0.05, 0.1) is 11.2 Å². The van der Waals surface area contributed by atoms with E-state index in [1.807, 2.05) is 25.1 Å². The number of benzene rings is 1. The van der Waals surface area contributed by atoms with Gasteiger partial charge in [0, 0.05) is 5.39 Å². The van der Waals surface area contributed by atoms with Gasteiger partial charge in [-0.1, -0.05) is 18.2 Å². The summed E-state index contributed by atoms with van der Waals surface area (Å²) in [5.74, 6) is 0. The van der Waals surface area contributed by atoms with Crippen LogP contribution in [0.5, 0.6) is 0 Å². The minimum atomic E-state index is 1.06. The predicted octanol–water partition coefficient (Wildman–Crippen LogP) is 2.17. The zero-order valence-corrected chi connectivity index (χ0v) is 6.95. The fourth-order valence-corrected chi connectivity index (χ4v) is 1.44. The van der Waals surface area contributed by atoms with Gasteiger partial charge in [0.15, 0.2) is 7.11 Å². The second-order valence-corrected chi connectivity index (χ2v) is 2.77. The van der Waals surface area contributed by atoms with Crippen molar-refractivity contribution in [3.63, 3.8) is 0 Å². The van der Waals surface area contributed by atoms with Gasteiger partial charge in [-0.3, -0.25) is 0 Å². The molecule has 61 valence electrons. The predicted molar refractivity (Wildman–Crippen MR) is 48.6 cm³/mol. The Labute approximate surface area is 71.3 Å². The fourth-order valence-electron chi connectivity index (χ4n) is 1.44. The van der Waals surface area contributed by atoms with Gasteiger partial charge in [0.2, 0.25) is 0 Å². The SMILES string of the molecule is [CH2]On1c(C)cc2ccccc21. The number of nitrogens with zero attached hydrogens (tertiary/aromatic N) is 1. The summed E-state index contributed by atoms with van der Waals surface area (Å²) in [6.07, 6.45) is 0. The lowest BCUT2D eigenvalue weighted by atomic mass is 10.2. The molecule has 1 aromatic carbocycles. The molecule has 12 heavy (non-hydrogen) atoms. The molecule has 1 aromatic heterocycles. The third kappa shape index (κ3) is 0.881. The molecule has 0 saturated heterocycles. The highest BCUT2D eigenvalue weighted by Crippen LogP contribution is 2.17. The Morgan fingerprint density at radius 1 is 1.33 bits per heavy atom. The minimum Gasteiger partial charge on any atom is -0.410 e. The Hall–Kier alpha value is -1.44. The molecule has 0 aliphatic heterocycles. The Kier molecular flexibility index (Phi) is 1.54. The topological polar surface area (TPSA) is 14.2 Å². The van der Waals surface area contributed by atoms with E-state index in [0.717, 1.165) is 11.2 Å². The lowest BCUT2D eigenvalue weighted by Crippen LogP contribution is -2.04. The van der Waals surface area contributed by atoms with Crippen molar-refractivity contribution in [3.05, 3.63) is 43.1 Å². The van der Waals surface area contributed by atoms with E-state index in [2.05, 4.69) is 19.2 Å². The first-order chi connectivity index (χ1) is 5.83. The average Bonchev–Trinajstić information content (AvgIpc) is 2.40. The molecule has 0 N–H and O–H groups in total. The molecular formula is C10H10NO. The van der Waals surface area contributed by atoms with Crippen molar-refractivity contribution in [2.24, 2.45) is 0 Å². The standard InChI is InChI=1S/C10H10NO/c1-8-7-9-5-3-4-6-10(9)11(8)12-2/h3-7H,2H2,1H3. The van der Waals surface area contributed by atoms with Gasteiger partial charge in [0.1, 0.15) is 0 Å². The first-order valence-electron chi connectivity index (χ1n) is 3.82. The van der Waals surface area contributed by atoms with Crippen LogP contribution in [0, 0.1) is 14.0 Å². The van der Waals surface area contributed by atoms with Crippen LogP contribution in [0.4, 0.5) is 0 Å². The Bertz CT molecular complexity index is 403. The third-order valence-electron chi connectivity index (χ3n) is 1.97. The van der Waals surface area contributed by atoms with Crippen molar-refractivity contribution in [1.82, 2.24) is 4.73 Å². The monoisotopic (exact) mass is 160 g/mol. The molecule has 0 bridgehead atoms. The van der Waals surface area contributed by atoms with Crippen LogP contribution >= 0.6 is 0 Å². The van der Waals surface area contributed by atoms with E-state index in [1.54, 1.807) is 4.73 Å². The smallest absolute Gasteiger partial charge is 0.151 e. The number of hydrogen-bond donors (Lipinski definition) is 0. The fraction of sp³-hybridized carbons (Fsp3) is 0.100. The summed E-state index contributed by atoms with van der Waals surface area (Å²) in [5, 5.41) is 1.18. The second-order valence-electron chi connectivity index (χ2n) is 2.77. The first kappa shape index (κ1) is 7.22. The maximum Gasteiger partial charge on any atom is 0.151 e. The maximum absolute atomic E-state index is 4.96. The van der Waals surface area contributed by atoms with Gasteiger partial charge in [-0.05, 0) is 19.1 Å². The zero-order valence-electron chi connectivity index (χ0n) is 6.95. The molecule has 0 spiro atoms. The lowest BCUT2D eigenvalue weighted by molar-refractivity contribution is 0.213. The van der Waals surface area contributed by atoms with Gasteiger partial charge in [-0.2, -0.15) is 4.73 Å². The van der Waals surface area contributed by atoms with E-state index in [1.165, 1.54) is 5.39 Å². The highest BCUT2D eigenvalue weighted by Gasteiger charge is 2.02. The molecule has 2 heteroatoms. The van der Waals surface area contributed by atoms with Crippen molar-refractivity contribution in [2.45, 2.75) is 6.92 Å². The summed E-state index contributed by atoms with van der Waals surface area (Å²) in [4.78, 5) is 4.96. The molecule has 0 atom stereocenters. The number of aryl methyl sites for hydroxylation is 1. The van der Waals surface area contributed by atoms with Crippen LogP contribution in [0.15, 0.2) is 30.3 Å². The van der Waals surface area contributed by atoms with Crippen LogP contribution in [-0.2, 0) is 0 Å². The van der Waals surface area contributed by atoms with Gasteiger partial charge >= 0.3 is 0 Å². The van der Waals surface area contributed by atoms with E-state index in [9.17, 15) is 0 Å². The summed E-state index contributed by atoms with van der Waals surface area (Å²) in [6.45, 7) is 1.99. The summed E-state index contributed by atoms with van der Waals surface area (Å²) in [6, 6.07) is 10.1. The largest absolute Gasteiger partial charge is 0.410 e. The molecule has 1 heterocycles. The molecule has 0 amide bonds. The van der Waals surface area contributed by atoms with Crippen molar-refractivity contribution in [1.29, 1.82) is 0 Å². The van der Waals surface area contributed by atoms with Crippen molar-refractivity contribution < 1.29 is 4.84 Å². The Morgan fingerprint density at radius 3 is 2.83 bits per heavy atom. The molecular weight excluding hydrogens is 150 g/mol. The number of aromatic nitrogens is 1. The highest BCUT2D eigenvalue weighted by molar-refractivity contribution is 5.80. The van der Waals surface area contributed by atoms with Gasteiger partial charge < -0.3 is 4.84 Å². The van der Waals surface area contributed by atoms with E-state index in [-0.39, 0.29) is 0 Å². The molecule has 0 aliphatic carbocycles. The number of para-hydroxylation sites is 1. The summed E-state index contributed by atoms with van der Waals surface area (Å²) < 4.78 is 1.72. The Morgan fingerprint density at radius 2 is 2.08 bits per heavy atom. The lowest BCUT2D eigenvalue weighted by Gasteiger charge is -2.03. The van der Waals surface area contributed by atoms with Crippen LogP contribution in [0.1, 0.15) is 5.69 Å². The molecule has 0 unspecified atom stereocenters. The van der Waals surface area contributed by atoms with Crippen LogP contribution in [-0.4, -0.2) is 4.73 Å². The van der Waals surface area contributed by atoms with Crippen molar-refractivity contribution >= 4 is 10.9 Å². The van der Waals surface area contributed by atoms with E-state index < -0.39 is 0 Å². The van der Waals surface area contributed by atoms with Gasteiger partial charge in [-0.15, -0.1) is 0 Å². The number of fused-ring (bicyclic) bond motifs is 1. The van der Waals surface area contributed by atoms with E-state index in [4.69, 9.17) is 4.84 Å². The van der Waals surface area contributed by atoms with Crippen LogP contribution in [0.2, 0.25) is 0 Å². The average molecular weight is 160 g/mol. The summed E-state index contributed by atoms with van der Waals surface area (Å²) >= 11 is 0. The van der Waals surface area contributed by atoms with Gasteiger partial charge in [0.25, 0.3) is 0 Å². The highest BCUT2D eigenvalue weighted by atomic mass is 16.6. The molecule has 0 fully saturated rings. The molecule has 2 rings (SSSR count). The second kappa shape index (κ2) is 2.55.